The summed E-state index contributed by atoms with van der Waals surface area (Å²) < 4.78 is 14.3. The second-order valence-corrected chi connectivity index (χ2v) is 6.20. The number of para-hydroxylation sites is 1. The molecule has 1 aromatic carbocycles. The van der Waals surface area contributed by atoms with E-state index >= 15 is 0 Å². The Hall–Kier alpha value is -1.09. The predicted molar refractivity (Wildman–Crippen MR) is 85.7 cm³/mol. The van der Waals surface area contributed by atoms with Gasteiger partial charge in [-0.1, -0.05) is 39.8 Å². The smallest absolute Gasteiger partial charge is 0.146 e. The second kappa shape index (κ2) is 8.25. The topological polar surface area (TPSA) is 15.3 Å². The molecular formula is C17H29FN2. The maximum Gasteiger partial charge on any atom is 0.146 e. The fourth-order valence-corrected chi connectivity index (χ4v) is 2.37. The average molecular weight is 280 g/mol. The normalized spacial score (nSPS) is 11.4. The van der Waals surface area contributed by atoms with E-state index in [1.807, 2.05) is 6.07 Å². The van der Waals surface area contributed by atoms with E-state index < -0.39 is 0 Å². The molecule has 0 spiro atoms. The summed E-state index contributed by atoms with van der Waals surface area (Å²) in [5.41, 5.74) is 1.81. The number of halogens is 1. The molecule has 0 aliphatic rings. The third-order valence-electron chi connectivity index (χ3n) is 3.22. The van der Waals surface area contributed by atoms with Gasteiger partial charge in [-0.15, -0.1) is 0 Å². The van der Waals surface area contributed by atoms with Crippen LogP contribution in [0.5, 0.6) is 0 Å². The van der Waals surface area contributed by atoms with Crippen LogP contribution in [0, 0.1) is 17.7 Å². The molecule has 0 aliphatic carbocycles. The maximum atomic E-state index is 14.3. The van der Waals surface area contributed by atoms with Crippen molar-refractivity contribution in [3.63, 3.8) is 0 Å². The van der Waals surface area contributed by atoms with E-state index in [-0.39, 0.29) is 5.82 Å². The first-order valence-corrected chi connectivity index (χ1v) is 7.68. The number of rotatable bonds is 8. The quantitative estimate of drug-likeness (QED) is 0.772. The van der Waals surface area contributed by atoms with Gasteiger partial charge in [0.1, 0.15) is 5.82 Å². The zero-order valence-electron chi connectivity index (χ0n) is 13.5. The van der Waals surface area contributed by atoms with Gasteiger partial charge in [0.15, 0.2) is 0 Å². The van der Waals surface area contributed by atoms with Crippen molar-refractivity contribution in [2.75, 3.05) is 24.5 Å². The van der Waals surface area contributed by atoms with Gasteiger partial charge in [-0.05, 0) is 36.9 Å². The molecule has 0 aliphatic heterocycles. The van der Waals surface area contributed by atoms with Crippen LogP contribution in [0.15, 0.2) is 18.2 Å². The molecule has 0 unspecified atom stereocenters. The minimum Gasteiger partial charge on any atom is -0.369 e. The van der Waals surface area contributed by atoms with Crippen LogP contribution in [0.1, 0.15) is 40.2 Å². The highest BCUT2D eigenvalue weighted by atomic mass is 19.1. The molecule has 0 saturated heterocycles. The molecule has 0 saturated carbocycles. The molecule has 2 nitrogen and oxygen atoms in total. The van der Waals surface area contributed by atoms with E-state index in [0.29, 0.717) is 11.8 Å². The van der Waals surface area contributed by atoms with Gasteiger partial charge < -0.3 is 10.2 Å². The van der Waals surface area contributed by atoms with Crippen LogP contribution in [-0.4, -0.2) is 19.6 Å². The fraction of sp³-hybridized carbons (Fsp3) is 0.647. The molecule has 0 aromatic heterocycles. The van der Waals surface area contributed by atoms with Crippen LogP contribution >= 0.6 is 0 Å². The largest absolute Gasteiger partial charge is 0.369 e. The lowest BCUT2D eigenvalue weighted by Gasteiger charge is -2.28. The van der Waals surface area contributed by atoms with Crippen molar-refractivity contribution in [3.05, 3.63) is 29.6 Å². The summed E-state index contributed by atoms with van der Waals surface area (Å²) in [4.78, 5) is 2.15. The van der Waals surface area contributed by atoms with Crippen LogP contribution in [0.4, 0.5) is 10.1 Å². The number of nitrogens with one attached hydrogen (secondary N) is 1. The van der Waals surface area contributed by atoms with Gasteiger partial charge in [0.05, 0.1) is 5.69 Å². The van der Waals surface area contributed by atoms with Gasteiger partial charge in [-0.25, -0.2) is 4.39 Å². The van der Waals surface area contributed by atoms with Crippen LogP contribution in [0.3, 0.4) is 0 Å². The Morgan fingerprint density at radius 1 is 1.15 bits per heavy atom. The minimum atomic E-state index is -0.114. The molecule has 20 heavy (non-hydrogen) atoms. The van der Waals surface area contributed by atoms with Crippen molar-refractivity contribution in [1.29, 1.82) is 0 Å². The predicted octanol–water partition coefficient (Wildman–Crippen LogP) is 4.05. The summed E-state index contributed by atoms with van der Waals surface area (Å²) >= 11 is 0. The Balaban J connectivity index is 2.91. The Morgan fingerprint density at radius 3 is 2.40 bits per heavy atom. The van der Waals surface area contributed by atoms with E-state index in [9.17, 15) is 4.39 Å². The van der Waals surface area contributed by atoms with Crippen molar-refractivity contribution >= 4 is 5.69 Å². The molecule has 3 heteroatoms. The Bertz CT molecular complexity index is 402. The number of benzene rings is 1. The number of hydrogen-bond acceptors (Lipinski definition) is 2. The van der Waals surface area contributed by atoms with Crippen molar-refractivity contribution in [3.8, 4) is 0 Å². The summed E-state index contributed by atoms with van der Waals surface area (Å²) in [5.74, 6) is 1.01. The number of hydrogen-bond donors (Lipinski definition) is 1. The van der Waals surface area contributed by atoms with Crippen LogP contribution < -0.4 is 10.2 Å². The van der Waals surface area contributed by atoms with Gasteiger partial charge in [0, 0.05) is 19.6 Å². The first-order valence-electron chi connectivity index (χ1n) is 7.68. The Labute approximate surface area is 123 Å². The third-order valence-corrected chi connectivity index (χ3v) is 3.22. The zero-order valence-corrected chi connectivity index (χ0v) is 13.5. The molecular weight excluding hydrogens is 251 g/mol. The Kier molecular flexibility index (Phi) is 7.00. The highest BCUT2D eigenvalue weighted by Gasteiger charge is 2.15. The number of nitrogens with zero attached hydrogens (tertiary/aromatic N) is 1. The van der Waals surface area contributed by atoms with E-state index in [1.165, 1.54) is 0 Å². The second-order valence-electron chi connectivity index (χ2n) is 6.20. The average Bonchev–Trinajstić information content (AvgIpc) is 2.36. The van der Waals surface area contributed by atoms with E-state index in [0.717, 1.165) is 37.4 Å². The van der Waals surface area contributed by atoms with E-state index in [4.69, 9.17) is 0 Å². The highest BCUT2D eigenvalue weighted by Crippen LogP contribution is 2.25. The molecule has 1 aromatic rings. The first kappa shape index (κ1) is 17.0. The molecule has 0 heterocycles. The number of anilines is 1. The summed E-state index contributed by atoms with van der Waals surface area (Å²) in [6, 6.07) is 5.38. The van der Waals surface area contributed by atoms with Crippen molar-refractivity contribution in [2.24, 2.45) is 11.8 Å². The summed E-state index contributed by atoms with van der Waals surface area (Å²) in [6.45, 7) is 14.2. The Morgan fingerprint density at radius 2 is 1.85 bits per heavy atom. The first-order chi connectivity index (χ1) is 9.45. The molecule has 0 radical (unpaired) electrons. The van der Waals surface area contributed by atoms with Crippen molar-refractivity contribution < 1.29 is 4.39 Å². The lowest BCUT2D eigenvalue weighted by atomic mass is 10.1. The van der Waals surface area contributed by atoms with Gasteiger partial charge in [-0.2, -0.15) is 0 Å². The monoisotopic (exact) mass is 280 g/mol. The molecule has 0 bridgehead atoms. The summed E-state index contributed by atoms with van der Waals surface area (Å²) in [5, 5.41) is 3.41. The van der Waals surface area contributed by atoms with Gasteiger partial charge in [0.25, 0.3) is 0 Å². The standard InChI is InChI=1S/C17H29FN2/c1-6-20(12-14(4)5)17-15(8-7-9-16(17)18)11-19-10-13(2)3/h7-9,13-14,19H,6,10-12H2,1-5H3. The van der Waals surface area contributed by atoms with E-state index in [1.54, 1.807) is 12.1 Å². The molecule has 0 fully saturated rings. The van der Waals surface area contributed by atoms with Crippen molar-refractivity contribution in [1.82, 2.24) is 5.32 Å². The lowest BCUT2D eigenvalue weighted by Crippen LogP contribution is -2.30. The van der Waals surface area contributed by atoms with Crippen LogP contribution in [0.25, 0.3) is 0 Å². The van der Waals surface area contributed by atoms with Crippen LogP contribution in [0.2, 0.25) is 0 Å². The van der Waals surface area contributed by atoms with Gasteiger partial charge in [0.2, 0.25) is 0 Å². The fourth-order valence-electron chi connectivity index (χ4n) is 2.37. The lowest BCUT2D eigenvalue weighted by molar-refractivity contribution is 0.545. The van der Waals surface area contributed by atoms with Gasteiger partial charge in [-0.3, -0.25) is 0 Å². The molecule has 114 valence electrons. The van der Waals surface area contributed by atoms with Crippen LogP contribution in [-0.2, 0) is 6.54 Å². The minimum absolute atomic E-state index is 0.114. The van der Waals surface area contributed by atoms with Crippen molar-refractivity contribution in [2.45, 2.75) is 41.2 Å². The van der Waals surface area contributed by atoms with E-state index in [2.05, 4.69) is 44.8 Å². The summed E-state index contributed by atoms with van der Waals surface area (Å²) in [7, 11) is 0. The van der Waals surface area contributed by atoms with Gasteiger partial charge >= 0.3 is 0 Å². The highest BCUT2D eigenvalue weighted by molar-refractivity contribution is 5.55. The third kappa shape index (κ3) is 5.12. The molecule has 0 amide bonds. The zero-order chi connectivity index (χ0) is 15.1. The summed E-state index contributed by atoms with van der Waals surface area (Å²) in [6.07, 6.45) is 0. The maximum absolute atomic E-state index is 14.3. The molecule has 0 atom stereocenters. The molecule has 1 N–H and O–H groups in total. The molecule has 1 rings (SSSR count). The SMILES string of the molecule is CCN(CC(C)C)c1c(F)cccc1CNCC(C)C.